The van der Waals surface area contributed by atoms with Crippen LogP contribution in [0, 0.1) is 19.8 Å². The number of anilines is 2. The first-order chi connectivity index (χ1) is 16.3. The van der Waals surface area contributed by atoms with Crippen LogP contribution in [0.1, 0.15) is 28.2 Å². The number of nitrogens with one attached hydrogen (secondary N) is 2. The highest BCUT2D eigenvalue weighted by Gasteiger charge is 2.36. The molecule has 176 valence electrons. The number of carbonyl (C=O) groups excluding carboxylic acids is 3. The lowest BCUT2D eigenvalue weighted by Crippen LogP contribution is -2.28. The minimum absolute atomic E-state index is 0.0809. The standard InChI is InChI=1S/C25H25ClN4O4/c1-15-4-5-16(2)30(15)28-25(33)17-6-9-20(10-7-17)27-24(32)18-12-23(31)29(14-18)21-13-19(26)8-11-22(21)34-3/h4-11,13,18H,12,14H2,1-3H3,(H,27,32)(H,28,33)/t18-/m1/s1. The summed E-state index contributed by atoms with van der Waals surface area (Å²) in [6.45, 7) is 4.03. The number of nitrogens with zero attached hydrogens (tertiary/aromatic N) is 2. The van der Waals surface area contributed by atoms with Gasteiger partial charge in [0, 0.05) is 40.6 Å². The number of aromatic nitrogens is 1. The van der Waals surface area contributed by atoms with Gasteiger partial charge in [-0.2, -0.15) is 0 Å². The minimum atomic E-state index is -0.529. The maximum atomic E-state index is 12.8. The normalized spacial score (nSPS) is 15.4. The molecule has 0 unspecified atom stereocenters. The zero-order chi connectivity index (χ0) is 24.4. The molecule has 0 radical (unpaired) electrons. The molecule has 1 aromatic heterocycles. The molecular formula is C25H25ClN4O4. The van der Waals surface area contributed by atoms with Gasteiger partial charge in [-0.3, -0.25) is 24.5 Å². The lowest BCUT2D eigenvalue weighted by molar-refractivity contribution is -0.122. The van der Waals surface area contributed by atoms with Gasteiger partial charge in [0.2, 0.25) is 11.8 Å². The first-order valence-corrected chi connectivity index (χ1v) is 11.2. The van der Waals surface area contributed by atoms with Crippen LogP contribution < -0.4 is 20.4 Å². The first kappa shape index (κ1) is 23.4. The molecule has 3 amide bonds. The van der Waals surface area contributed by atoms with Crippen molar-refractivity contribution in [1.29, 1.82) is 0 Å². The second-order valence-corrected chi connectivity index (χ2v) is 8.62. The molecule has 0 spiro atoms. The summed E-state index contributed by atoms with van der Waals surface area (Å²) in [6, 6.07) is 15.5. The van der Waals surface area contributed by atoms with Gasteiger partial charge in [-0.1, -0.05) is 11.6 Å². The Morgan fingerprint density at radius 3 is 2.35 bits per heavy atom. The van der Waals surface area contributed by atoms with Crippen molar-refractivity contribution >= 4 is 40.7 Å². The molecule has 2 N–H and O–H groups in total. The summed E-state index contributed by atoms with van der Waals surface area (Å²) < 4.78 is 7.06. The first-order valence-electron chi connectivity index (χ1n) is 10.8. The van der Waals surface area contributed by atoms with Crippen LogP contribution in [0.4, 0.5) is 11.4 Å². The molecule has 1 atom stereocenters. The summed E-state index contributed by atoms with van der Waals surface area (Å²) in [5.74, 6) is -0.722. The molecule has 0 bridgehead atoms. The largest absolute Gasteiger partial charge is 0.495 e. The zero-order valence-electron chi connectivity index (χ0n) is 19.1. The van der Waals surface area contributed by atoms with E-state index in [9.17, 15) is 14.4 Å². The van der Waals surface area contributed by atoms with Gasteiger partial charge in [-0.15, -0.1) is 0 Å². The van der Waals surface area contributed by atoms with Crippen molar-refractivity contribution in [1.82, 2.24) is 4.68 Å². The molecule has 2 aromatic carbocycles. The molecule has 1 fully saturated rings. The highest BCUT2D eigenvalue weighted by atomic mass is 35.5. The predicted octanol–water partition coefficient (Wildman–Crippen LogP) is 4.14. The van der Waals surface area contributed by atoms with Crippen LogP contribution in [-0.4, -0.2) is 36.1 Å². The fraction of sp³-hybridized carbons (Fsp3) is 0.240. The monoisotopic (exact) mass is 480 g/mol. The average molecular weight is 481 g/mol. The Bertz CT molecular complexity index is 1230. The molecule has 2 heterocycles. The SMILES string of the molecule is COc1ccc(Cl)cc1N1C[C@H](C(=O)Nc2ccc(C(=O)Nn3c(C)ccc3C)cc2)CC1=O. The van der Waals surface area contributed by atoms with E-state index in [1.165, 1.54) is 12.0 Å². The van der Waals surface area contributed by atoms with Crippen LogP contribution >= 0.6 is 11.6 Å². The van der Waals surface area contributed by atoms with Crippen LogP contribution in [0.15, 0.2) is 54.6 Å². The summed E-state index contributed by atoms with van der Waals surface area (Å²) >= 11 is 6.09. The third-order valence-corrected chi connectivity index (χ3v) is 6.06. The fourth-order valence-electron chi connectivity index (χ4n) is 3.95. The number of amides is 3. The molecule has 0 saturated carbocycles. The van der Waals surface area contributed by atoms with Crippen molar-refractivity contribution < 1.29 is 19.1 Å². The zero-order valence-corrected chi connectivity index (χ0v) is 19.8. The van der Waals surface area contributed by atoms with E-state index in [2.05, 4.69) is 10.7 Å². The summed E-state index contributed by atoms with van der Waals surface area (Å²) in [6.07, 6.45) is 0.0809. The number of rotatable bonds is 6. The second-order valence-electron chi connectivity index (χ2n) is 8.18. The topological polar surface area (TPSA) is 92.7 Å². The maximum Gasteiger partial charge on any atom is 0.270 e. The van der Waals surface area contributed by atoms with Gasteiger partial charge >= 0.3 is 0 Å². The highest BCUT2D eigenvalue weighted by Crippen LogP contribution is 2.35. The Balaban J connectivity index is 1.40. The molecular weight excluding hydrogens is 456 g/mol. The number of halogens is 1. The van der Waals surface area contributed by atoms with E-state index in [0.29, 0.717) is 27.7 Å². The number of benzene rings is 2. The molecule has 0 aliphatic carbocycles. The minimum Gasteiger partial charge on any atom is -0.495 e. The van der Waals surface area contributed by atoms with Crippen LogP contribution in [0.5, 0.6) is 5.75 Å². The number of aryl methyl sites for hydroxylation is 2. The number of methoxy groups -OCH3 is 1. The number of ether oxygens (including phenoxy) is 1. The molecule has 3 aromatic rings. The quantitative estimate of drug-likeness (QED) is 0.554. The molecule has 4 rings (SSSR count). The van der Waals surface area contributed by atoms with E-state index in [0.717, 1.165) is 11.4 Å². The predicted molar refractivity (Wildman–Crippen MR) is 131 cm³/mol. The average Bonchev–Trinajstić information content (AvgIpc) is 3.36. The smallest absolute Gasteiger partial charge is 0.270 e. The molecule has 1 saturated heterocycles. The van der Waals surface area contributed by atoms with E-state index >= 15 is 0 Å². The fourth-order valence-corrected chi connectivity index (χ4v) is 4.12. The van der Waals surface area contributed by atoms with Gasteiger partial charge in [-0.25, -0.2) is 0 Å². The van der Waals surface area contributed by atoms with Crippen LogP contribution in [0.2, 0.25) is 5.02 Å². The van der Waals surface area contributed by atoms with E-state index in [1.807, 2.05) is 26.0 Å². The lowest BCUT2D eigenvalue weighted by atomic mass is 10.1. The van der Waals surface area contributed by atoms with Crippen molar-refractivity contribution in [2.75, 3.05) is 29.3 Å². The van der Waals surface area contributed by atoms with Gasteiger partial charge < -0.3 is 15.0 Å². The third-order valence-electron chi connectivity index (χ3n) is 5.83. The van der Waals surface area contributed by atoms with Crippen molar-refractivity contribution in [2.45, 2.75) is 20.3 Å². The molecule has 8 nitrogen and oxygen atoms in total. The second kappa shape index (κ2) is 9.61. The van der Waals surface area contributed by atoms with Crippen molar-refractivity contribution in [3.8, 4) is 5.75 Å². The van der Waals surface area contributed by atoms with Crippen molar-refractivity contribution in [3.05, 3.63) is 76.6 Å². The van der Waals surface area contributed by atoms with Crippen LogP contribution in [-0.2, 0) is 9.59 Å². The summed E-state index contributed by atoms with van der Waals surface area (Å²) in [5.41, 5.74) is 6.23. The van der Waals surface area contributed by atoms with Gasteiger partial charge in [-0.05, 0) is 68.4 Å². The number of hydrogen-bond acceptors (Lipinski definition) is 4. The van der Waals surface area contributed by atoms with Crippen LogP contribution in [0.25, 0.3) is 0 Å². The van der Waals surface area contributed by atoms with E-state index < -0.39 is 5.92 Å². The Hall–Kier alpha value is -3.78. The summed E-state index contributed by atoms with van der Waals surface area (Å²) in [7, 11) is 1.52. The van der Waals surface area contributed by atoms with Crippen LogP contribution in [0.3, 0.4) is 0 Å². The Kier molecular flexibility index (Phi) is 6.61. The maximum absolute atomic E-state index is 12.8. The molecule has 34 heavy (non-hydrogen) atoms. The molecule has 1 aliphatic heterocycles. The van der Waals surface area contributed by atoms with Crippen molar-refractivity contribution in [3.63, 3.8) is 0 Å². The van der Waals surface area contributed by atoms with Gasteiger partial charge in [0.1, 0.15) is 5.75 Å². The van der Waals surface area contributed by atoms with E-state index in [4.69, 9.17) is 16.3 Å². The highest BCUT2D eigenvalue weighted by molar-refractivity contribution is 6.31. The summed E-state index contributed by atoms with van der Waals surface area (Å²) in [4.78, 5) is 39.5. The molecule has 1 aliphatic rings. The van der Waals surface area contributed by atoms with Gasteiger partial charge in [0.05, 0.1) is 18.7 Å². The van der Waals surface area contributed by atoms with Crippen molar-refractivity contribution in [2.24, 2.45) is 5.92 Å². The summed E-state index contributed by atoms with van der Waals surface area (Å²) in [5, 5.41) is 3.31. The van der Waals surface area contributed by atoms with E-state index in [1.54, 1.807) is 47.1 Å². The number of carbonyl (C=O) groups is 3. The lowest BCUT2D eigenvalue weighted by Gasteiger charge is -2.20. The Morgan fingerprint density at radius 1 is 1.03 bits per heavy atom. The Labute approximate surface area is 202 Å². The third kappa shape index (κ3) is 4.77. The van der Waals surface area contributed by atoms with Gasteiger partial charge in [0.25, 0.3) is 5.91 Å². The molecule has 9 heteroatoms. The van der Waals surface area contributed by atoms with Gasteiger partial charge in [0.15, 0.2) is 0 Å². The Morgan fingerprint density at radius 2 is 1.71 bits per heavy atom. The van der Waals surface area contributed by atoms with E-state index in [-0.39, 0.29) is 30.7 Å². The number of hydrogen-bond donors (Lipinski definition) is 2.